The lowest BCUT2D eigenvalue weighted by Gasteiger charge is -2.05. The van der Waals surface area contributed by atoms with E-state index in [-0.39, 0.29) is 0 Å². The molecule has 6 heteroatoms. The first kappa shape index (κ1) is 9.05. The molecule has 1 rings (SSSR count). The number of anilines is 1. The first-order valence-corrected chi connectivity index (χ1v) is 4.99. The van der Waals surface area contributed by atoms with Crippen molar-refractivity contribution in [1.29, 1.82) is 0 Å². The van der Waals surface area contributed by atoms with Crippen LogP contribution in [0.25, 0.3) is 0 Å². The van der Waals surface area contributed by atoms with Crippen molar-refractivity contribution in [3.63, 3.8) is 0 Å². The smallest absolute Gasteiger partial charge is 0.256 e. The van der Waals surface area contributed by atoms with Crippen LogP contribution in [0.4, 0.5) is 5.69 Å². The van der Waals surface area contributed by atoms with Gasteiger partial charge in [0.2, 0.25) is 0 Å². The van der Waals surface area contributed by atoms with E-state index < -0.39 is 15.3 Å². The summed E-state index contributed by atoms with van der Waals surface area (Å²) in [7, 11) is -3.33. The Hall–Kier alpha value is -1.04. The number of aromatic nitrogens is 2. The van der Waals surface area contributed by atoms with Crippen molar-refractivity contribution < 1.29 is 8.42 Å². The molecule has 0 aromatic carbocycles. The largest absolute Gasteiger partial charge is 0.396 e. The predicted octanol–water partition coefficient (Wildman–Crippen LogP) is 0.0516. The third-order valence-corrected chi connectivity index (χ3v) is 3.35. The van der Waals surface area contributed by atoms with Crippen LogP contribution in [0.3, 0.4) is 0 Å². The molecule has 5 nitrogen and oxygen atoms in total. The van der Waals surface area contributed by atoms with Crippen LogP contribution in [0, 0.1) is 0 Å². The van der Waals surface area contributed by atoms with Crippen LogP contribution in [-0.2, 0) is 10.0 Å². The zero-order chi connectivity index (χ0) is 9.35. The summed E-state index contributed by atoms with van der Waals surface area (Å²) >= 11 is 0. The Morgan fingerprint density at radius 1 is 1.58 bits per heavy atom. The summed E-state index contributed by atoms with van der Waals surface area (Å²) in [5.74, 6) is 0. The molecule has 0 unspecified atom stereocenters. The lowest BCUT2D eigenvalue weighted by molar-refractivity contribution is 0.571. The van der Waals surface area contributed by atoms with Crippen molar-refractivity contribution in [2.75, 3.05) is 5.73 Å². The fraction of sp³-hybridized carbons (Fsp3) is 0.500. The van der Waals surface area contributed by atoms with Gasteiger partial charge in [0.25, 0.3) is 10.0 Å². The molecule has 0 bridgehead atoms. The Morgan fingerprint density at radius 2 is 2.17 bits per heavy atom. The minimum Gasteiger partial charge on any atom is -0.396 e. The second-order valence-electron chi connectivity index (χ2n) is 2.74. The van der Waals surface area contributed by atoms with Crippen molar-refractivity contribution >= 4 is 15.7 Å². The third kappa shape index (κ3) is 1.42. The van der Waals surface area contributed by atoms with Crippen molar-refractivity contribution in [2.45, 2.75) is 19.1 Å². The molecule has 0 aliphatic carbocycles. The van der Waals surface area contributed by atoms with Crippen molar-refractivity contribution in [1.82, 2.24) is 9.19 Å². The molecule has 0 saturated carbocycles. The van der Waals surface area contributed by atoms with Crippen LogP contribution in [0.1, 0.15) is 13.8 Å². The monoisotopic (exact) mass is 189 g/mol. The van der Waals surface area contributed by atoms with Gasteiger partial charge in [0.05, 0.1) is 23.3 Å². The molecule has 0 saturated heterocycles. The summed E-state index contributed by atoms with van der Waals surface area (Å²) in [6.07, 6.45) is 2.59. The van der Waals surface area contributed by atoms with E-state index in [1.807, 2.05) is 0 Å². The second-order valence-corrected chi connectivity index (χ2v) is 5.09. The molecule has 0 atom stereocenters. The van der Waals surface area contributed by atoms with Crippen LogP contribution in [-0.4, -0.2) is 22.9 Å². The maximum atomic E-state index is 11.4. The summed E-state index contributed by atoms with van der Waals surface area (Å²) in [6.45, 7) is 3.18. The molecule has 2 N–H and O–H groups in total. The lowest BCUT2D eigenvalue weighted by atomic mass is 10.6. The average molecular weight is 189 g/mol. The van der Waals surface area contributed by atoms with Gasteiger partial charge in [0.1, 0.15) is 0 Å². The Bertz CT molecular complexity index is 366. The lowest BCUT2D eigenvalue weighted by Crippen LogP contribution is -2.22. The number of rotatable bonds is 2. The van der Waals surface area contributed by atoms with E-state index in [4.69, 9.17) is 5.73 Å². The first-order valence-electron chi connectivity index (χ1n) is 3.49. The molecular formula is C6H11N3O2S. The van der Waals surface area contributed by atoms with E-state index >= 15 is 0 Å². The van der Waals surface area contributed by atoms with Crippen molar-refractivity contribution in [2.24, 2.45) is 0 Å². The highest BCUT2D eigenvalue weighted by atomic mass is 32.2. The third-order valence-electron chi connectivity index (χ3n) is 1.44. The van der Waals surface area contributed by atoms with E-state index in [1.54, 1.807) is 13.8 Å². The number of hydrogen-bond acceptors (Lipinski definition) is 4. The van der Waals surface area contributed by atoms with Crippen LogP contribution in [0.5, 0.6) is 0 Å². The van der Waals surface area contributed by atoms with E-state index in [2.05, 4.69) is 5.10 Å². The predicted molar refractivity (Wildman–Crippen MR) is 46.1 cm³/mol. The maximum Gasteiger partial charge on any atom is 0.256 e. The van der Waals surface area contributed by atoms with Crippen LogP contribution in [0.15, 0.2) is 12.4 Å². The van der Waals surface area contributed by atoms with Gasteiger partial charge in [0, 0.05) is 0 Å². The molecule has 0 aliphatic heterocycles. The standard InChI is InChI=1S/C6H11N3O2S/c1-5(2)12(10,11)9-4-6(7)3-8-9/h3-5H,7H2,1-2H3. The minimum absolute atomic E-state index is 0.347. The van der Waals surface area contributed by atoms with Gasteiger partial charge in [-0.3, -0.25) is 0 Å². The highest BCUT2D eigenvalue weighted by Gasteiger charge is 2.18. The molecular weight excluding hydrogens is 178 g/mol. The Morgan fingerprint density at radius 3 is 2.50 bits per heavy atom. The van der Waals surface area contributed by atoms with E-state index in [1.165, 1.54) is 12.4 Å². The molecule has 1 aromatic heterocycles. The number of nitrogens with zero attached hydrogens (tertiary/aromatic N) is 2. The van der Waals surface area contributed by atoms with Crippen molar-refractivity contribution in [3.8, 4) is 0 Å². The summed E-state index contributed by atoms with van der Waals surface area (Å²) in [5, 5.41) is 3.12. The maximum absolute atomic E-state index is 11.4. The number of nitrogens with two attached hydrogens (primary N) is 1. The van der Waals surface area contributed by atoms with Gasteiger partial charge in [-0.15, -0.1) is 0 Å². The van der Waals surface area contributed by atoms with Crippen molar-refractivity contribution in [3.05, 3.63) is 12.4 Å². The van der Waals surface area contributed by atoms with Gasteiger partial charge in [-0.2, -0.15) is 9.19 Å². The van der Waals surface area contributed by atoms with Gasteiger partial charge in [0.15, 0.2) is 0 Å². The summed E-state index contributed by atoms with van der Waals surface area (Å²) in [5.41, 5.74) is 5.67. The van der Waals surface area contributed by atoms with Gasteiger partial charge < -0.3 is 5.73 Å². The van der Waals surface area contributed by atoms with Crippen LogP contribution < -0.4 is 5.73 Å². The number of hydrogen-bond donors (Lipinski definition) is 1. The fourth-order valence-corrected chi connectivity index (χ4v) is 1.55. The molecule has 0 aliphatic rings. The quantitative estimate of drug-likeness (QED) is 0.713. The molecule has 0 fully saturated rings. The van der Waals surface area contributed by atoms with Gasteiger partial charge in [-0.05, 0) is 13.8 Å². The summed E-state index contributed by atoms with van der Waals surface area (Å²) in [4.78, 5) is 0. The van der Waals surface area contributed by atoms with E-state index in [9.17, 15) is 8.42 Å². The highest BCUT2D eigenvalue weighted by molar-refractivity contribution is 7.90. The summed E-state index contributed by atoms with van der Waals surface area (Å²) in [6, 6.07) is 0. The van der Waals surface area contributed by atoms with E-state index in [0.29, 0.717) is 5.69 Å². The Kier molecular flexibility index (Phi) is 2.10. The van der Waals surface area contributed by atoms with Gasteiger partial charge in [-0.1, -0.05) is 0 Å². The molecule has 12 heavy (non-hydrogen) atoms. The molecule has 68 valence electrons. The summed E-state index contributed by atoms with van der Waals surface area (Å²) < 4.78 is 23.7. The van der Waals surface area contributed by atoms with Crippen LogP contribution >= 0.6 is 0 Å². The molecule has 0 radical (unpaired) electrons. The average Bonchev–Trinajstić information content (AvgIpc) is 2.35. The topological polar surface area (TPSA) is 78.0 Å². The number of nitrogen functional groups attached to an aromatic ring is 1. The molecule has 1 aromatic rings. The highest BCUT2D eigenvalue weighted by Crippen LogP contribution is 2.06. The normalized spacial score (nSPS) is 12.2. The Labute approximate surface area is 71.2 Å². The zero-order valence-electron chi connectivity index (χ0n) is 6.93. The van der Waals surface area contributed by atoms with Gasteiger partial charge >= 0.3 is 0 Å². The first-order chi connectivity index (χ1) is 5.44. The SMILES string of the molecule is CC(C)S(=O)(=O)n1cc(N)cn1. The molecule has 0 spiro atoms. The fourth-order valence-electron chi connectivity index (χ4n) is 0.673. The van der Waals surface area contributed by atoms with Crippen LogP contribution in [0.2, 0.25) is 0 Å². The molecule has 0 amide bonds. The van der Waals surface area contributed by atoms with E-state index in [0.717, 1.165) is 4.09 Å². The Balaban J connectivity index is 3.15. The van der Waals surface area contributed by atoms with Gasteiger partial charge in [-0.25, -0.2) is 8.42 Å². The molecule has 1 heterocycles. The zero-order valence-corrected chi connectivity index (χ0v) is 7.75. The minimum atomic E-state index is -3.33. The second kappa shape index (κ2) is 2.78.